The first-order valence-electron chi connectivity index (χ1n) is 6.94. The average Bonchev–Trinajstić information content (AvgIpc) is 3.08. The van der Waals surface area contributed by atoms with Crippen LogP contribution >= 0.6 is 15.9 Å². The summed E-state index contributed by atoms with van der Waals surface area (Å²) in [6, 6.07) is 15.7. The van der Waals surface area contributed by atoms with Gasteiger partial charge in [-0.2, -0.15) is 5.10 Å². The summed E-state index contributed by atoms with van der Waals surface area (Å²) < 4.78 is 27.9. The number of hydrogen-bond acceptors (Lipinski definition) is 4. The van der Waals surface area contributed by atoms with Gasteiger partial charge in [0.25, 0.3) is 0 Å². The molecule has 0 aliphatic heterocycles. The minimum atomic E-state index is -3.46. The van der Waals surface area contributed by atoms with Crippen LogP contribution in [0.4, 0.5) is 0 Å². The van der Waals surface area contributed by atoms with Gasteiger partial charge >= 0.3 is 0 Å². The Morgan fingerprint density at radius 2 is 1.74 bits per heavy atom. The van der Waals surface area contributed by atoms with Crippen LogP contribution in [0.1, 0.15) is 11.6 Å². The van der Waals surface area contributed by atoms with Crippen LogP contribution in [-0.4, -0.2) is 28.9 Å². The first-order chi connectivity index (χ1) is 11.1. The summed E-state index contributed by atoms with van der Waals surface area (Å²) in [5.41, 5.74) is 0.874. The molecule has 1 unspecified atom stereocenters. The molecule has 0 aliphatic rings. The minimum absolute atomic E-state index is 0.0813. The average molecular weight is 392 g/mol. The van der Waals surface area contributed by atoms with E-state index in [9.17, 15) is 8.42 Å². The molecule has 0 spiro atoms. The third kappa shape index (κ3) is 3.68. The van der Waals surface area contributed by atoms with Crippen LogP contribution in [0.2, 0.25) is 0 Å². The van der Waals surface area contributed by atoms with Crippen molar-refractivity contribution in [2.75, 3.05) is 5.75 Å². The first-order valence-corrected chi connectivity index (χ1v) is 9.38. The van der Waals surface area contributed by atoms with Crippen molar-refractivity contribution in [3.63, 3.8) is 0 Å². The number of halogens is 1. The maximum atomic E-state index is 12.7. The van der Waals surface area contributed by atoms with Crippen LogP contribution in [-0.2, 0) is 9.84 Å². The zero-order valence-corrected chi connectivity index (χ0v) is 14.5. The number of hydrogen-bond donors (Lipinski definition) is 0. The molecule has 0 saturated carbocycles. The van der Waals surface area contributed by atoms with E-state index in [1.54, 1.807) is 28.9 Å². The molecule has 5 nitrogen and oxygen atoms in total. The fourth-order valence-corrected chi connectivity index (χ4v) is 4.09. The van der Waals surface area contributed by atoms with Crippen molar-refractivity contribution < 1.29 is 8.42 Å². The van der Waals surface area contributed by atoms with E-state index < -0.39 is 15.9 Å². The molecule has 3 aromatic rings. The van der Waals surface area contributed by atoms with Gasteiger partial charge in [0.05, 0.1) is 16.7 Å². The van der Waals surface area contributed by atoms with Gasteiger partial charge in [0.1, 0.15) is 12.7 Å². The third-order valence-electron chi connectivity index (χ3n) is 3.49. The molecule has 23 heavy (non-hydrogen) atoms. The predicted molar refractivity (Wildman–Crippen MR) is 90.8 cm³/mol. The van der Waals surface area contributed by atoms with Gasteiger partial charge in [-0.15, -0.1) is 0 Å². The van der Waals surface area contributed by atoms with Gasteiger partial charge in [0, 0.05) is 4.47 Å². The van der Waals surface area contributed by atoms with E-state index in [0.29, 0.717) is 4.90 Å². The van der Waals surface area contributed by atoms with E-state index in [1.807, 2.05) is 30.3 Å². The number of benzene rings is 2. The molecule has 118 valence electrons. The fourth-order valence-electron chi connectivity index (χ4n) is 2.32. The number of sulfone groups is 1. The maximum absolute atomic E-state index is 12.7. The molecule has 1 heterocycles. The van der Waals surface area contributed by atoms with E-state index in [1.165, 1.54) is 12.7 Å². The van der Waals surface area contributed by atoms with Crippen molar-refractivity contribution in [1.82, 2.24) is 14.8 Å². The summed E-state index contributed by atoms with van der Waals surface area (Å²) in [6.45, 7) is 0. The maximum Gasteiger partial charge on any atom is 0.180 e. The second kappa shape index (κ2) is 6.64. The van der Waals surface area contributed by atoms with E-state index in [0.717, 1.165) is 10.0 Å². The normalized spacial score (nSPS) is 12.9. The van der Waals surface area contributed by atoms with Crippen molar-refractivity contribution in [2.24, 2.45) is 0 Å². The zero-order valence-electron chi connectivity index (χ0n) is 12.1. The van der Waals surface area contributed by atoms with Crippen LogP contribution < -0.4 is 0 Å². The van der Waals surface area contributed by atoms with Crippen molar-refractivity contribution in [3.05, 3.63) is 77.3 Å². The standard InChI is InChI=1S/C16H14BrN3O2S/c17-14-6-8-15(9-7-14)23(21,22)10-16(20-12-18-11-19-20)13-4-2-1-3-5-13/h1-9,11-12,16H,10H2. The molecule has 0 saturated heterocycles. The minimum Gasteiger partial charge on any atom is -0.244 e. The number of nitrogens with zero attached hydrogens (tertiary/aromatic N) is 3. The van der Waals surface area contributed by atoms with Crippen molar-refractivity contribution in [3.8, 4) is 0 Å². The highest BCUT2D eigenvalue weighted by atomic mass is 79.9. The molecule has 0 aliphatic carbocycles. The molecule has 1 atom stereocenters. The molecule has 0 fully saturated rings. The zero-order chi connectivity index (χ0) is 16.3. The topological polar surface area (TPSA) is 64.8 Å². The lowest BCUT2D eigenvalue weighted by molar-refractivity contribution is 0.540. The molecule has 0 radical (unpaired) electrons. The molecule has 1 aromatic heterocycles. The Labute approximate surface area is 143 Å². The number of rotatable bonds is 5. The molecule has 0 amide bonds. The Bertz CT molecular complexity index is 863. The highest BCUT2D eigenvalue weighted by Crippen LogP contribution is 2.24. The summed E-state index contributed by atoms with van der Waals surface area (Å²) in [5.74, 6) is -0.0813. The summed E-state index contributed by atoms with van der Waals surface area (Å²) in [7, 11) is -3.46. The van der Waals surface area contributed by atoms with Crippen molar-refractivity contribution in [1.29, 1.82) is 0 Å². The van der Waals surface area contributed by atoms with Gasteiger partial charge in [-0.3, -0.25) is 0 Å². The van der Waals surface area contributed by atoms with Crippen molar-refractivity contribution >= 4 is 25.8 Å². The lowest BCUT2D eigenvalue weighted by Gasteiger charge is -2.17. The highest BCUT2D eigenvalue weighted by Gasteiger charge is 2.24. The fraction of sp³-hybridized carbons (Fsp3) is 0.125. The molecular weight excluding hydrogens is 378 g/mol. The lowest BCUT2D eigenvalue weighted by Crippen LogP contribution is -2.22. The van der Waals surface area contributed by atoms with Gasteiger partial charge in [-0.05, 0) is 29.8 Å². The van der Waals surface area contributed by atoms with Crippen LogP contribution in [0.3, 0.4) is 0 Å². The van der Waals surface area contributed by atoms with Crippen molar-refractivity contribution in [2.45, 2.75) is 10.9 Å². The van der Waals surface area contributed by atoms with Crippen LogP contribution in [0.25, 0.3) is 0 Å². The van der Waals surface area contributed by atoms with Gasteiger partial charge in [0.15, 0.2) is 9.84 Å². The SMILES string of the molecule is O=S(=O)(CC(c1ccccc1)n1cncn1)c1ccc(Br)cc1. The summed E-state index contributed by atoms with van der Waals surface area (Å²) in [6.07, 6.45) is 2.94. The van der Waals surface area contributed by atoms with Gasteiger partial charge < -0.3 is 0 Å². The third-order valence-corrected chi connectivity index (χ3v) is 5.76. The Hall–Kier alpha value is -1.99. The molecule has 3 rings (SSSR count). The first kappa shape index (κ1) is 15.9. The summed E-state index contributed by atoms with van der Waals surface area (Å²) in [5, 5.41) is 4.12. The van der Waals surface area contributed by atoms with Crippen LogP contribution in [0, 0.1) is 0 Å². The molecular formula is C16H14BrN3O2S. The second-order valence-corrected chi connectivity index (χ2v) is 7.99. The monoisotopic (exact) mass is 391 g/mol. The highest BCUT2D eigenvalue weighted by molar-refractivity contribution is 9.10. The molecule has 2 aromatic carbocycles. The predicted octanol–water partition coefficient (Wildman–Crippen LogP) is 3.10. The Morgan fingerprint density at radius 3 is 2.35 bits per heavy atom. The molecule has 7 heteroatoms. The van der Waals surface area contributed by atoms with Crippen LogP contribution in [0.15, 0.2) is 76.6 Å². The van der Waals surface area contributed by atoms with Gasteiger partial charge in [-0.25, -0.2) is 18.1 Å². The van der Waals surface area contributed by atoms with Gasteiger partial charge in [0.2, 0.25) is 0 Å². The molecule has 0 N–H and O–H groups in total. The van der Waals surface area contributed by atoms with Gasteiger partial charge in [-0.1, -0.05) is 46.3 Å². The Kier molecular flexibility index (Phi) is 4.58. The summed E-state index contributed by atoms with van der Waals surface area (Å²) >= 11 is 3.31. The Morgan fingerprint density at radius 1 is 1.04 bits per heavy atom. The van der Waals surface area contributed by atoms with E-state index in [4.69, 9.17) is 0 Å². The summed E-state index contributed by atoms with van der Waals surface area (Å²) in [4.78, 5) is 4.23. The second-order valence-electron chi connectivity index (χ2n) is 5.04. The Balaban J connectivity index is 1.97. The lowest BCUT2D eigenvalue weighted by atomic mass is 10.1. The smallest absolute Gasteiger partial charge is 0.180 e. The van der Waals surface area contributed by atoms with Crippen LogP contribution in [0.5, 0.6) is 0 Å². The van der Waals surface area contributed by atoms with E-state index in [-0.39, 0.29) is 5.75 Å². The molecule has 0 bridgehead atoms. The van der Waals surface area contributed by atoms with E-state index in [2.05, 4.69) is 26.0 Å². The van der Waals surface area contributed by atoms with E-state index >= 15 is 0 Å². The number of aromatic nitrogens is 3. The largest absolute Gasteiger partial charge is 0.244 e. The quantitative estimate of drug-likeness (QED) is 0.670.